The van der Waals surface area contributed by atoms with Gasteiger partial charge in [0.2, 0.25) is 0 Å². The van der Waals surface area contributed by atoms with Gasteiger partial charge in [-0.15, -0.1) is 0 Å². The van der Waals surface area contributed by atoms with Gasteiger partial charge in [-0.05, 0) is 34.5 Å². The Labute approximate surface area is 108 Å². The Morgan fingerprint density at radius 2 is 2.12 bits per heavy atom. The number of ether oxygens (including phenoxy) is 1. The molecular formula is C12H14BrNO3. The highest BCUT2D eigenvalue weighted by Crippen LogP contribution is 2.20. The number of esters is 1. The average molecular weight is 300 g/mol. The van der Waals surface area contributed by atoms with E-state index in [1.807, 2.05) is 19.1 Å². The quantitative estimate of drug-likeness (QED) is 0.866. The van der Waals surface area contributed by atoms with Gasteiger partial charge in [0.1, 0.15) is 0 Å². The molecule has 0 aliphatic heterocycles. The second kappa shape index (κ2) is 6.39. The number of rotatable bonds is 4. The molecule has 1 amide bonds. The molecule has 92 valence electrons. The molecule has 17 heavy (non-hydrogen) atoms. The van der Waals surface area contributed by atoms with Gasteiger partial charge in [-0.2, -0.15) is 0 Å². The van der Waals surface area contributed by atoms with Crippen molar-refractivity contribution in [3.8, 4) is 0 Å². The zero-order valence-corrected chi connectivity index (χ0v) is 11.3. The molecule has 0 radical (unpaired) electrons. The summed E-state index contributed by atoms with van der Waals surface area (Å²) in [7, 11) is 1.32. The van der Waals surface area contributed by atoms with Crippen LogP contribution in [0, 0.1) is 6.92 Å². The molecule has 5 heteroatoms. The second-order valence-corrected chi connectivity index (χ2v) is 4.31. The minimum absolute atomic E-state index is 0.172. The molecule has 0 bridgehead atoms. The van der Waals surface area contributed by atoms with Crippen molar-refractivity contribution < 1.29 is 14.3 Å². The number of halogens is 1. The van der Waals surface area contributed by atoms with Crippen molar-refractivity contribution in [2.45, 2.75) is 13.3 Å². The summed E-state index contributed by atoms with van der Waals surface area (Å²) in [6.07, 6.45) is 0.172. The van der Waals surface area contributed by atoms with Crippen molar-refractivity contribution in [1.82, 2.24) is 5.32 Å². The predicted octanol–water partition coefficient (Wildman–Crippen LogP) is 2.05. The van der Waals surface area contributed by atoms with Gasteiger partial charge in [-0.1, -0.05) is 12.1 Å². The van der Waals surface area contributed by atoms with E-state index in [0.717, 1.165) is 10.0 Å². The van der Waals surface area contributed by atoms with Crippen molar-refractivity contribution in [1.29, 1.82) is 0 Å². The molecule has 0 aliphatic rings. The van der Waals surface area contributed by atoms with Crippen LogP contribution in [0.25, 0.3) is 0 Å². The fraction of sp³-hybridized carbons (Fsp3) is 0.333. The average Bonchev–Trinajstić information content (AvgIpc) is 2.32. The van der Waals surface area contributed by atoms with Gasteiger partial charge >= 0.3 is 5.97 Å². The van der Waals surface area contributed by atoms with Crippen LogP contribution in [0.1, 0.15) is 22.3 Å². The lowest BCUT2D eigenvalue weighted by molar-refractivity contribution is -0.140. The van der Waals surface area contributed by atoms with Gasteiger partial charge < -0.3 is 10.1 Å². The maximum atomic E-state index is 11.8. The predicted molar refractivity (Wildman–Crippen MR) is 67.8 cm³/mol. The Balaban J connectivity index is 2.59. The third kappa shape index (κ3) is 3.85. The standard InChI is InChI=1S/C12H14BrNO3/c1-8-4-3-5-9(11(8)13)12(16)14-7-6-10(15)17-2/h3-5H,6-7H2,1-2H3,(H,14,16). The summed E-state index contributed by atoms with van der Waals surface area (Å²) in [5.74, 6) is -0.543. The second-order valence-electron chi connectivity index (χ2n) is 3.52. The molecule has 0 aliphatic carbocycles. The first kappa shape index (κ1) is 13.7. The summed E-state index contributed by atoms with van der Waals surface area (Å²) >= 11 is 3.36. The van der Waals surface area contributed by atoms with Gasteiger partial charge in [0.15, 0.2) is 0 Å². The fourth-order valence-corrected chi connectivity index (χ4v) is 1.74. The molecule has 0 fully saturated rings. The number of benzene rings is 1. The van der Waals surface area contributed by atoms with Crippen molar-refractivity contribution in [3.63, 3.8) is 0 Å². The molecule has 1 N–H and O–H groups in total. The Hall–Kier alpha value is -1.36. The van der Waals surface area contributed by atoms with Crippen LogP contribution in [-0.2, 0) is 9.53 Å². The van der Waals surface area contributed by atoms with Gasteiger partial charge in [0.05, 0.1) is 19.1 Å². The van der Waals surface area contributed by atoms with Crippen molar-refractivity contribution >= 4 is 27.8 Å². The molecule has 0 saturated heterocycles. The van der Waals surface area contributed by atoms with Crippen LogP contribution in [0.2, 0.25) is 0 Å². The lowest BCUT2D eigenvalue weighted by Crippen LogP contribution is -2.26. The van der Waals surface area contributed by atoms with Gasteiger partial charge in [0, 0.05) is 11.0 Å². The zero-order chi connectivity index (χ0) is 12.8. The molecule has 1 aromatic carbocycles. The Morgan fingerprint density at radius 3 is 2.76 bits per heavy atom. The van der Waals surface area contributed by atoms with Crippen molar-refractivity contribution in [3.05, 3.63) is 33.8 Å². The number of nitrogens with one attached hydrogen (secondary N) is 1. The normalized spacial score (nSPS) is 9.82. The van der Waals surface area contributed by atoms with E-state index in [2.05, 4.69) is 26.0 Å². The minimum atomic E-state index is -0.339. The number of carbonyl (C=O) groups is 2. The SMILES string of the molecule is COC(=O)CCNC(=O)c1cccc(C)c1Br. The molecule has 0 aromatic heterocycles. The van der Waals surface area contributed by atoms with Crippen LogP contribution in [0.3, 0.4) is 0 Å². The molecule has 0 heterocycles. The summed E-state index contributed by atoms with van der Waals surface area (Å²) in [5.41, 5.74) is 1.56. The molecule has 0 unspecified atom stereocenters. The third-order valence-corrected chi connectivity index (χ3v) is 3.33. The zero-order valence-electron chi connectivity index (χ0n) is 9.75. The lowest BCUT2D eigenvalue weighted by atomic mass is 10.1. The van der Waals surface area contributed by atoms with Crippen molar-refractivity contribution in [2.24, 2.45) is 0 Å². The first-order valence-electron chi connectivity index (χ1n) is 5.16. The van der Waals surface area contributed by atoms with E-state index >= 15 is 0 Å². The smallest absolute Gasteiger partial charge is 0.307 e. The monoisotopic (exact) mass is 299 g/mol. The molecule has 0 spiro atoms. The molecule has 4 nitrogen and oxygen atoms in total. The number of hydrogen-bond acceptors (Lipinski definition) is 3. The summed E-state index contributed by atoms with van der Waals surface area (Å²) in [6.45, 7) is 2.18. The fourth-order valence-electron chi connectivity index (χ4n) is 1.30. The Kier molecular flexibility index (Phi) is 5.15. The van der Waals surface area contributed by atoms with Gasteiger partial charge in [0.25, 0.3) is 5.91 Å². The first-order chi connectivity index (χ1) is 8.06. The largest absolute Gasteiger partial charge is 0.469 e. The molecule has 1 aromatic rings. The highest BCUT2D eigenvalue weighted by Gasteiger charge is 2.11. The Morgan fingerprint density at radius 1 is 1.41 bits per heavy atom. The van der Waals surface area contributed by atoms with E-state index in [4.69, 9.17) is 0 Å². The van der Waals surface area contributed by atoms with E-state index in [0.29, 0.717) is 5.56 Å². The van der Waals surface area contributed by atoms with Crippen LogP contribution in [-0.4, -0.2) is 25.5 Å². The highest BCUT2D eigenvalue weighted by atomic mass is 79.9. The van der Waals surface area contributed by atoms with E-state index in [-0.39, 0.29) is 24.8 Å². The molecular weight excluding hydrogens is 286 g/mol. The molecule has 0 atom stereocenters. The molecule has 0 saturated carbocycles. The van der Waals surface area contributed by atoms with Crippen LogP contribution < -0.4 is 5.32 Å². The summed E-state index contributed by atoms with van der Waals surface area (Å²) in [6, 6.07) is 5.45. The topological polar surface area (TPSA) is 55.4 Å². The van der Waals surface area contributed by atoms with Gasteiger partial charge in [-0.25, -0.2) is 0 Å². The van der Waals surface area contributed by atoms with E-state index in [9.17, 15) is 9.59 Å². The number of amides is 1. The third-order valence-electron chi connectivity index (χ3n) is 2.28. The lowest BCUT2D eigenvalue weighted by Gasteiger charge is -2.07. The van der Waals surface area contributed by atoms with Crippen LogP contribution >= 0.6 is 15.9 Å². The maximum Gasteiger partial charge on any atom is 0.307 e. The van der Waals surface area contributed by atoms with E-state index < -0.39 is 0 Å². The highest BCUT2D eigenvalue weighted by molar-refractivity contribution is 9.10. The summed E-state index contributed by atoms with van der Waals surface area (Å²) in [4.78, 5) is 22.7. The van der Waals surface area contributed by atoms with Crippen LogP contribution in [0.4, 0.5) is 0 Å². The number of aryl methyl sites for hydroxylation is 1. The molecule has 1 rings (SSSR count). The summed E-state index contributed by atoms with van der Waals surface area (Å²) < 4.78 is 5.25. The van der Waals surface area contributed by atoms with E-state index in [1.165, 1.54) is 7.11 Å². The number of hydrogen-bond donors (Lipinski definition) is 1. The van der Waals surface area contributed by atoms with E-state index in [1.54, 1.807) is 6.07 Å². The summed E-state index contributed by atoms with van der Waals surface area (Å²) in [5, 5.41) is 2.66. The van der Waals surface area contributed by atoms with Crippen molar-refractivity contribution in [2.75, 3.05) is 13.7 Å². The maximum absolute atomic E-state index is 11.8. The Bertz CT molecular complexity index is 432. The first-order valence-corrected chi connectivity index (χ1v) is 5.95. The van der Waals surface area contributed by atoms with Crippen LogP contribution in [0.15, 0.2) is 22.7 Å². The van der Waals surface area contributed by atoms with Gasteiger partial charge in [-0.3, -0.25) is 9.59 Å². The minimum Gasteiger partial charge on any atom is -0.469 e. The number of carbonyl (C=O) groups excluding carboxylic acids is 2. The van der Waals surface area contributed by atoms with Crippen LogP contribution in [0.5, 0.6) is 0 Å². The number of methoxy groups -OCH3 is 1.